The molecule has 1 amide bonds. The molecule has 4 N–H and O–H groups in total. The number of β-lactam (4-membered cyclic amide) rings is 1. The summed E-state index contributed by atoms with van der Waals surface area (Å²) in [5.41, 5.74) is 7.50. The fourth-order valence-electron chi connectivity index (χ4n) is 3.23. The summed E-state index contributed by atoms with van der Waals surface area (Å²) in [5, 5.41) is 22.8. The molecular weight excluding hydrogens is 324 g/mol. The van der Waals surface area contributed by atoms with Gasteiger partial charge in [-0.05, 0) is 24.3 Å². The number of hydrogen-bond donors (Lipinski definition) is 3. The van der Waals surface area contributed by atoms with Crippen molar-refractivity contribution in [2.24, 2.45) is 11.7 Å². The summed E-state index contributed by atoms with van der Waals surface area (Å²) in [6.07, 6.45) is -0.421. The number of carboxylic acids is 1. The Bertz CT molecular complexity index is 722. The van der Waals surface area contributed by atoms with Gasteiger partial charge in [-0.15, -0.1) is 0 Å². The van der Waals surface area contributed by atoms with E-state index in [0.29, 0.717) is 23.1 Å². The summed E-state index contributed by atoms with van der Waals surface area (Å²) in [6, 6.07) is -0.312. The Labute approximate surface area is 135 Å². The molecule has 6 nitrogen and oxygen atoms in total. The lowest BCUT2D eigenvalue weighted by molar-refractivity contribution is -0.161. The van der Waals surface area contributed by atoms with Gasteiger partial charge in [-0.25, -0.2) is 4.79 Å². The number of rotatable bonds is 4. The minimum Gasteiger partial charge on any atom is -0.477 e. The minimum absolute atomic E-state index is 0.0252. The molecule has 3 unspecified atom stereocenters. The number of hydrogen-bond acceptors (Lipinski definition) is 5. The standard InChI is InChI=1S/C14H14N2O4S2/c1-5(17)10-9-2-6(7-3-22-4-8(7)12(15)21)11(14(19)20)16(9)13(10)18/h3-5,9-10,17H,2H2,1H3,(H2,15,21)(H,19,20). The average Bonchev–Trinajstić information content (AvgIpc) is 2.99. The second-order valence-electron chi connectivity index (χ2n) is 5.44. The fourth-order valence-corrected chi connectivity index (χ4v) is 4.34. The normalized spacial score (nSPS) is 25.0. The number of aliphatic carboxylic acids is 1. The summed E-state index contributed by atoms with van der Waals surface area (Å²) < 4.78 is 0. The van der Waals surface area contributed by atoms with Gasteiger partial charge < -0.3 is 20.8 Å². The molecule has 0 bridgehead atoms. The molecule has 0 aliphatic carbocycles. The van der Waals surface area contributed by atoms with E-state index in [1.165, 1.54) is 16.2 Å². The van der Waals surface area contributed by atoms with Crippen LogP contribution in [0.3, 0.4) is 0 Å². The van der Waals surface area contributed by atoms with E-state index in [1.54, 1.807) is 17.7 Å². The molecule has 116 valence electrons. The first-order valence-corrected chi connectivity index (χ1v) is 8.03. The van der Waals surface area contributed by atoms with Crippen LogP contribution < -0.4 is 5.73 Å². The number of fused-ring (bicyclic) bond motifs is 1. The average molecular weight is 338 g/mol. The number of nitrogens with two attached hydrogens (primary N) is 1. The second-order valence-corrected chi connectivity index (χ2v) is 6.63. The lowest BCUT2D eigenvalue weighted by atomic mass is 9.82. The summed E-state index contributed by atoms with van der Waals surface area (Å²) in [7, 11) is 0. The van der Waals surface area contributed by atoms with Crippen molar-refractivity contribution in [3.63, 3.8) is 0 Å². The van der Waals surface area contributed by atoms with Gasteiger partial charge in [0, 0.05) is 16.5 Å². The van der Waals surface area contributed by atoms with Crippen LogP contribution in [0.1, 0.15) is 24.5 Å². The van der Waals surface area contributed by atoms with E-state index in [0.717, 1.165) is 0 Å². The van der Waals surface area contributed by atoms with Crippen molar-refractivity contribution >= 4 is 46.0 Å². The Morgan fingerprint density at radius 3 is 2.77 bits per heavy atom. The zero-order valence-corrected chi connectivity index (χ0v) is 13.3. The van der Waals surface area contributed by atoms with Crippen molar-refractivity contribution in [2.75, 3.05) is 0 Å². The van der Waals surface area contributed by atoms with Gasteiger partial charge in [-0.2, -0.15) is 11.3 Å². The highest BCUT2D eigenvalue weighted by molar-refractivity contribution is 7.80. The number of carbonyl (C=O) groups excluding carboxylic acids is 1. The Morgan fingerprint density at radius 2 is 2.23 bits per heavy atom. The van der Waals surface area contributed by atoms with Gasteiger partial charge in [0.25, 0.3) is 0 Å². The van der Waals surface area contributed by atoms with E-state index >= 15 is 0 Å². The Kier molecular flexibility index (Phi) is 3.54. The van der Waals surface area contributed by atoms with Gasteiger partial charge in [-0.3, -0.25) is 4.79 Å². The molecule has 1 aromatic rings. The molecule has 0 spiro atoms. The molecule has 8 heteroatoms. The van der Waals surface area contributed by atoms with Crippen molar-refractivity contribution in [1.82, 2.24) is 4.90 Å². The summed E-state index contributed by atoms with van der Waals surface area (Å²) in [6.45, 7) is 1.55. The van der Waals surface area contributed by atoms with Crippen LogP contribution in [0.5, 0.6) is 0 Å². The lowest BCUT2D eigenvalue weighted by Gasteiger charge is -2.44. The third-order valence-corrected chi connectivity index (χ3v) is 5.15. The van der Waals surface area contributed by atoms with Crippen LogP contribution in [0.15, 0.2) is 16.5 Å². The molecular formula is C14H14N2O4S2. The number of carboxylic acid groups (broad SMARTS) is 1. The highest BCUT2D eigenvalue weighted by Crippen LogP contribution is 2.47. The molecule has 1 fully saturated rings. The Balaban J connectivity index is 2.08. The molecule has 0 radical (unpaired) electrons. The van der Waals surface area contributed by atoms with Crippen molar-refractivity contribution in [2.45, 2.75) is 25.5 Å². The number of aliphatic hydroxyl groups is 1. The minimum atomic E-state index is -1.16. The predicted octanol–water partition coefficient (Wildman–Crippen LogP) is 0.789. The maximum absolute atomic E-state index is 12.2. The van der Waals surface area contributed by atoms with Gasteiger partial charge in [0.1, 0.15) is 10.7 Å². The maximum atomic E-state index is 12.2. The first-order chi connectivity index (χ1) is 10.3. The van der Waals surface area contributed by atoms with E-state index < -0.39 is 18.0 Å². The third-order valence-electron chi connectivity index (χ3n) is 4.18. The maximum Gasteiger partial charge on any atom is 0.352 e. The van der Waals surface area contributed by atoms with E-state index in [1.807, 2.05) is 0 Å². The molecule has 1 aromatic heterocycles. The molecule has 2 aliphatic rings. The van der Waals surface area contributed by atoms with Crippen LogP contribution >= 0.6 is 23.6 Å². The number of thiophene rings is 1. The number of aliphatic hydroxyl groups excluding tert-OH is 1. The molecule has 22 heavy (non-hydrogen) atoms. The van der Waals surface area contributed by atoms with E-state index in [-0.39, 0.29) is 22.6 Å². The summed E-state index contributed by atoms with van der Waals surface area (Å²) >= 11 is 6.38. The van der Waals surface area contributed by atoms with Crippen molar-refractivity contribution < 1.29 is 19.8 Å². The SMILES string of the molecule is CC(O)C1C(=O)N2C(C(=O)O)=C(c3cscc3C(N)=S)CC12. The molecule has 3 heterocycles. The van der Waals surface area contributed by atoms with E-state index in [9.17, 15) is 19.8 Å². The third kappa shape index (κ3) is 1.98. The van der Waals surface area contributed by atoms with Gasteiger partial charge in [0.2, 0.25) is 5.91 Å². The molecule has 0 saturated carbocycles. The van der Waals surface area contributed by atoms with Crippen molar-refractivity contribution in [1.29, 1.82) is 0 Å². The molecule has 3 rings (SSSR count). The van der Waals surface area contributed by atoms with Crippen LogP contribution in [0.2, 0.25) is 0 Å². The number of thiocarbonyl (C=S) groups is 1. The molecule has 1 saturated heterocycles. The molecule has 3 atom stereocenters. The van der Waals surface area contributed by atoms with Crippen LogP contribution in [0.4, 0.5) is 0 Å². The number of carbonyl (C=O) groups is 2. The molecule has 2 aliphatic heterocycles. The second kappa shape index (κ2) is 5.15. The highest BCUT2D eigenvalue weighted by atomic mass is 32.1. The monoisotopic (exact) mass is 338 g/mol. The predicted molar refractivity (Wildman–Crippen MR) is 85.2 cm³/mol. The van der Waals surface area contributed by atoms with Crippen molar-refractivity contribution in [3.05, 3.63) is 27.6 Å². The van der Waals surface area contributed by atoms with Crippen LogP contribution in [-0.2, 0) is 9.59 Å². The first-order valence-electron chi connectivity index (χ1n) is 6.68. The van der Waals surface area contributed by atoms with E-state index in [2.05, 4.69) is 0 Å². The van der Waals surface area contributed by atoms with Crippen LogP contribution in [0.25, 0.3) is 5.57 Å². The zero-order valence-electron chi connectivity index (χ0n) is 11.6. The zero-order chi connectivity index (χ0) is 16.2. The summed E-state index contributed by atoms with van der Waals surface area (Å²) in [4.78, 5) is 25.2. The lowest BCUT2D eigenvalue weighted by Crippen LogP contribution is -2.61. The van der Waals surface area contributed by atoms with Gasteiger partial charge in [0.15, 0.2) is 0 Å². The highest BCUT2D eigenvalue weighted by Gasteiger charge is 2.56. The van der Waals surface area contributed by atoms with Crippen LogP contribution in [-0.4, -0.2) is 44.1 Å². The topological polar surface area (TPSA) is 104 Å². The first kappa shape index (κ1) is 15.1. The quantitative estimate of drug-likeness (QED) is 0.554. The number of nitrogens with zero attached hydrogens (tertiary/aromatic N) is 1. The summed E-state index contributed by atoms with van der Waals surface area (Å²) in [5.74, 6) is -2.06. The molecule has 0 aromatic carbocycles. The smallest absolute Gasteiger partial charge is 0.352 e. The Morgan fingerprint density at radius 1 is 1.55 bits per heavy atom. The van der Waals surface area contributed by atoms with Gasteiger partial charge in [-0.1, -0.05) is 12.2 Å². The van der Waals surface area contributed by atoms with E-state index in [4.69, 9.17) is 18.0 Å². The van der Waals surface area contributed by atoms with Gasteiger partial charge >= 0.3 is 5.97 Å². The van der Waals surface area contributed by atoms with Crippen molar-refractivity contribution in [3.8, 4) is 0 Å². The van der Waals surface area contributed by atoms with Gasteiger partial charge in [0.05, 0.1) is 18.1 Å². The van der Waals surface area contributed by atoms with Crippen LogP contribution in [0, 0.1) is 5.92 Å². The number of amides is 1. The Hall–Kier alpha value is -1.77. The fraction of sp³-hybridized carbons (Fsp3) is 0.357. The largest absolute Gasteiger partial charge is 0.477 e.